The first-order valence-corrected chi connectivity index (χ1v) is 0. The van der Waals surface area contributed by atoms with Gasteiger partial charge in [-0.1, -0.05) is 0 Å². The van der Waals surface area contributed by atoms with Crippen LogP contribution < -0.4 is 0 Å². The predicted octanol–water partition coefficient (Wildman–Crippen LogP) is -0.737. The molecule has 0 spiro atoms. The third-order valence-corrected chi connectivity index (χ3v) is 0. The Kier molecular flexibility index (Phi) is 375. The van der Waals surface area contributed by atoms with Crippen molar-refractivity contribution in [1.82, 2.24) is 0 Å². The third kappa shape index (κ3) is 22.2. The van der Waals surface area contributed by atoms with Gasteiger partial charge in [0.05, 0.1) is 0 Å². The van der Waals surface area contributed by atoms with E-state index < -0.39 is 0 Å². The summed E-state index contributed by atoms with van der Waals surface area (Å²) in [6.45, 7) is 0. The topological polar surface area (TPSA) is 85.5 Å². The van der Waals surface area contributed by atoms with E-state index in [0.29, 0.717) is 0 Å². The molecule has 0 aliphatic carbocycles. The Balaban J connectivity index is 0. The van der Waals surface area contributed by atoms with Crippen LogP contribution in [0.4, 0.5) is 0 Å². The van der Waals surface area contributed by atoms with Crippen molar-refractivity contribution in [1.29, 1.82) is 0 Å². The third-order valence-electron chi connectivity index (χ3n) is 0. The maximum absolute atomic E-state index is 0. The van der Waals surface area contributed by atoms with Gasteiger partial charge in [0.25, 0.3) is 0 Å². The molecule has 5 heavy (non-hydrogen) atoms. The number of hydrogen-bond acceptors (Lipinski definition) is 0. The molecule has 0 saturated carbocycles. The fourth-order valence-electron chi connectivity index (χ4n) is 0. The Bertz CT molecular complexity index is 6.85. The molecule has 35 valence electrons. The van der Waals surface area contributed by atoms with Crippen LogP contribution in [-0.2, 0) is 16.4 Å². The molecule has 0 aliphatic heterocycles. The van der Waals surface area contributed by atoms with Crippen LogP contribution in [0.3, 0.4) is 0 Å². The SMILES string of the molecule is [In+3].[O-2].[O-2].[O-2].[Yb+3]. The van der Waals surface area contributed by atoms with Gasteiger partial charge in [0.15, 0.2) is 0 Å². The van der Waals surface area contributed by atoms with Crippen LogP contribution in [0.1, 0.15) is 0 Å². The largest absolute Gasteiger partial charge is 3.00 e. The molecule has 0 fully saturated rings. The smallest absolute Gasteiger partial charge is 2.00 e. The summed E-state index contributed by atoms with van der Waals surface area (Å²) in [5.41, 5.74) is 0. The Morgan fingerprint density at radius 2 is 0.600 bits per heavy atom. The van der Waals surface area contributed by atoms with Crippen LogP contribution in [0, 0.1) is 46.9 Å². The second-order valence-electron chi connectivity index (χ2n) is 0. The van der Waals surface area contributed by atoms with Gasteiger partial charge in [-0.05, 0) is 0 Å². The van der Waals surface area contributed by atoms with Crippen LogP contribution in [0.2, 0.25) is 0 Å². The van der Waals surface area contributed by atoms with Crippen LogP contribution in [-0.4, -0.2) is 25.8 Å². The molecule has 0 amide bonds. The molecule has 0 aliphatic rings. The molecule has 0 saturated heterocycles. The first-order valence-electron chi connectivity index (χ1n) is 0. The molecule has 0 atom stereocenters. The first kappa shape index (κ1) is 55.5. The predicted molar refractivity (Wildman–Crippen MR) is 7.81 cm³/mol. The quantitative estimate of drug-likeness (QED) is 0.558. The van der Waals surface area contributed by atoms with Gasteiger partial charge in [-0.25, -0.2) is 0 Å². The molecule has 3 nitrogen and oxygen atoms in total. The zero-order chi connectivity index (χ0) is 0. The Labute approximate surface area is 87.5 Å². The fourth-order valence-corrected chi connectivity index (χ4v) is 0. The molecule has 0 heterocycles. The molecule has 5 heteroatoms. The Morgan fingerprint density at radius 1 is 0.600 bits per heavy atom. The zero-order valence-corrected chi connectivity index (χ0v) is 7.08. The van der Waals surface area contributed by atoms with Gasteiger partial charge in [-0.2, -0.15) is 0 Å². The minimum Gasteiger partial charge on any atom is -2.00 e. The Morgan fingerprint density at radius 3 is 0.600 bits per heavy atom. The van der Waals surface area contributed by atoms with Crippen molar-refractivity contribution in [3.63, 3.8) is 0 Å². The minimum atomic E-state index is 0. The van der Waals surface area contributed by atoms with Gasteiger partial charge in [0, 0.05) is 0 Å². The van der Waals surface area contributed by atoms with E-state index in [9.17, 15) is 0 Å². The summed E-state index contributed by atoms with van der Waals surface area (Å²) in [6.07, 6.45) is 0. The summed E-state index contributed by atoms with van der Waals surface area (Å²) < 4.78 is 0. The summed E-state index contributed by atoms with van der Waals surface area (Å²) in [5, 5.41) is 0. The molecule has 0 bridgehead atoms. The van der Waals surface area contributed by atoms with E-state index in [1.54, 1.807) is 0 Å². The molecule has 0 unspecified atom stereocenters. The molecule has 0 N–H and O–H groups in total. The van der Waals surface area contributed by atoms with Gasteiger partial charge in [0.1, 0.15) is 0 Å². The van der Waals surface area contributed by atoms with Gasteiger partial charge >= 0.3 is 72.8 Å². The van der Waals surface area contributed by atoms with Gasteiger partial charge < -0.3 is 16.4 Å². The van der Waals surface area contributed by atoms with Crippen molar-refractivity contribution in [3.05, 3.63) is 0 Å². The molecular weight excluding hydrogens is 336 g/mol. The van der Waals surface area contributed by atoms with Crippen molar-refractivity contribution >= 4 is 25.8 Å². The summed E-state index contributed by atoms with van der Waals surface area (Å²) >= 11 is 0. The van der Waals surface area contributed by atoms with Gasteiger partial charge in [-0.3, -0.25) is 0 Å². The monoisotopic (exact) mass is 337 g/mol. The van der Waals surface area contributed by atoms with E-state index in [2.05, 4.69) is 0 Å². The summed E-state index contributed by atoms with van der Waals surface area (Å²) in [7, 11) is 0. The first-order chi connectivity index (χ1) is 0. The standard InChI is InChI=1S/In.3O.Yb/q+3;3*-2;+3. The van der Waals surface area contributed by atoms with Crippen LogP contribution in [0.15, 0.2) is 0 Å². The second kappa shape index (κ2) is 33.8. The van der Waals surface area contributed by atoms with E-state index in [0.717, 1.165) is 0 Å². The fraction of sp³-hybridized carbons (Fsp3) is 0. The molecule has 0 aromatic carbocycles. The molecule has 1 radical (unpaired) electrons. The molecular formula is InO3Yb. The van der Waals surface area contributed by atoms with Crippen LogP contribution in [0.25, 0.3) is 0 Å². The van der Waals surface area contributed by atoms with E-state index in [4.69, 9.17) is 0 Å². The van der Waals surface area contributed by atoms with Crippen molar-refractivity contribution in [2.75, 3.05) is 0 Å². The van der Waals surface area contributed by atoms with Crippen molar-refractivity contribution in [2.24, 2.45) is 0 Å². The maximum Gasteiger partial charge on any atom is 3.00 e. The average molecular weight is 336 g/mol. The molecule has 0 aromatic rings. The molecule has 0 rings (SSSR count). The van der Waals surface area contributed by atoms with Gasteiger partial charge in [-0.15, -0.1) is 0 Å². The van der Waals surface area contributed by atoms with Crippen molar-refractivity contribution < 1.29 is 63.4 Å². The normalized spacial score (nSPS) is 0. The number of rotatable bonds is 0. The minimum absolute atomic E-state index is 0. The van der Waals surface area contributed by atoms with Crippen molar-refractivity contribution in [3.8, 4) is 0 Å². The zero-order valence-electron chi connectivity index (χ0n) is 2.07. The number of hydrogen-bond donors (Lipinski definition) is 0. The second-order valence-corrected chi connectivity index (χ2v) is 0. The maximum atomic E-state index is 0. The van der Waals surface area contributed by atoms with E-state index >= 15 is 0 Å². The summed E-state index contributed by atoms with van der Waals surface area (Å²) in [6, 6.07) is 0. The summed E-state index contributed by atoms with van der Waals surface area (Å²) in [4.78, 5) is 0. The summed E-state index contributed by atoms with van der Waals surface area (Å²) in [5.74, 6) is 0. The van der Waals surface area contributed by atoms with Gasteiger partial charge in [0.2, 0.25) is 0 Å². The van der Waals surface area contributed by atoms with E-state index in [-0.39, 0.29) is 89.2 Å². The van der Waals surface area contributed by atoms with Crippen molar-refractivity contribution in [2.45, 2.75) is 0 Å². The van der Waals surface area contributed by atoms with E-state index in [1.165, 1.54) is 0 Å². The average Bonchev–Trinajstić information content (AvgIpc) is 0. The Hall–Kier alpha value is 2.27. The molecule has 0 aromatic heterocycles. The van der Waals surface area contributed by atoms with Crippen LogP contribution >= 0.6 is 0 Å². The van der Waals surface area contributed by atoms with Crippen LogP contribution in [0.5, 0.6) is 0 Å². The van der Waals surface area contributed by atoms with E-state index in [1.807, 2.05) is 0 Å².